The van der Waals surface area contributed by atoms with Gasteiger partial charge in [0.15, 0.2) is 5.17 Å². The third-order valence-corrected chi connectivity index (χ3v) is 6.99. The second kappa shape index (κ2) is 10.6. The Morgan fingerprint density at radius 3 is 2.62 bits per heavy atom. The van der Waals surface area contributed by atoms with E-state index in [1.807, 2.05) is 24.3 Å². The van der Waals surface area contributed by atoms with Crippen LogP contribution in [0.3, 0.4) is 0 Å². The van der Waals surface area contributed by atoms with Crippen molar-refractivity contribution in [1.82, 2.24) is 4.90 Å². The molecular weight excluding hydrogens is 443 g/mol. The number of aliphatic imine (C=N–C) groups is 1. The summed E-state index contributed by atoms with van der Waals surface area (Å²) in [5.41, 5.74) is 2.83. The molecule has 0 aromatic heterocycles. The van der Waals surface area contributed by atoms with Gasteiger partial charge in [0, 0.05) is 6.54 Å². The van der Waals surface area contributed by atoms with Gasteiger partial charge in [-0.15, -0.1) is 0 Å². The Morgan fingerprint density at radius 2 is 1.93 bits per heavy atom. The van der Waals surface area contributed by atoms with E-state index in [0.29, 0.717) is 26.7 Å². The van der Waals surface area contributed by atoms with Gasteiger partial charge in [-0.3, -0.25) is 9.69 Å². The molecule has 1 aliphatic heterocycles. The summed E-state index contributed by atoms with van der Waals surface area (Å²) in [5, 5.41) is 1.62. The zero-order chi connectivity index (χ0) is 20.8. The Balaban J connectivity index is 1.92. The number of halogens is 2. The fourth-order valence-corrected chi connectivity index (χ4v) is 4.64. The van der Waals surface area contributed by atoms with Gasteiger partial charge < -0.3 is 0 Å². The van der Waals surface area contributed by atoms with Crippen molar-refractivity contribution in [3.63, 3.8) is 0 Å². The van der Waals surface area contributed by atoms with Gasteiger partial charge in [-0.1, -0.05) is 54.4 Å². The van der Waals surface area contributed by atoms with E-state index in [4.69, 9.17) is 28.2 Å². The van der Waals surface area contributed by atoms with Crippen LogP contribution in [-0.4, -0.2) is 34.5 Å². The summed E-state index contributed by atoms with van der Waals surface area (Å²) in [6.45, 7) is 2.76. The number of carbonyl (C=O) groups is 1. The molecule has 3 nitrogen and oxygen atoms in total. The normalized spacial score (nSPS) is 17.0. The smallest absolute Gasteiger partial charge is 0.266 e. The Hall–Kier alpha value is -1.40. The lowest BCUT2D eigenvalue weighted by Crippen LogP contribution is -2.30. The first-order chi connectivity index (χ1) is 14.0. The van der Waals surface area contributed by atoms with Crippen LogP contribution in [-0.2, 0) is 11.2 Å². The van der Waals surface area contributed by atoms with Crippen LogP contribution in [0.5, 0.6) is 0 Å². The predicted molar refractivity (Wildman–Crippen MR) is 130 cm³/mol. The van der Waals surface area contributed by atoms with Crippen molar-refractivity contribution in [3.8, 4) is 0 Å². The number of carbonyl (C=O) groups excluding carboxylic acids is 1. The van der Waals surface area contributed by atoms with Crippen molar-refractivity contribution in [2.24, 2.45) is 4.99 Å². The molecule has 1 fully saturated rings. The van der Waals surface area contributed by atoms with Crippen molar-refractivity contribution in [3.05, 3.63) is 68.5 Å². The van der Waals surface area contributed by atoms with Crippen LogP contribution in [0.1, 0.15) is 24.5 Å². The molecule has 0 N–H and O–H groups in total. The first-order valence-corrected chi connectivity index (χ1v) is 12.3. The first kappa shape index (κ1) is 22.3. The molecule has 2 aromatic carbocycles. The highest BCUT2D eigenvalue weighted by molar-refractivity contribution is 8.18. The van der Waals surface area contributed by atoms with E-state index in [0.717, 1.165) is 29.8 Å². The highest BCUT2D eigenvalue weighted by Crippen LogP contribution is 2.36. The molecule has 0 atom stereocenters. The minimum absolute atomic E-state index is 0.0453. The predicted octanol–water partition coefficient (Wildman–Crippen LogP) is 6.91. The first-order valence-electron chi connectivity index (χ1n) is 9.35. The molecule has 0 bridgehead atoms. The van der Waals surface area contributed by atoms with Gasteiger partial charge in [-0.2, -0.15) is 11.8 Å². The van der Waals surface area contributed by atoms with Gasteiger partial charge in [-0.25, -0.2) is 4.99 Å². The molecule has 1 amide bonds. The highest BCUT2D eigenvalue weighted by Gasteiger charge is 2.33. The van der Waals surface area contributed by atoms with Crippen LogP contribution in [0.4, 0.5) is 5.69 Å². The molecule has 2 aromatic rings. The third kappa shape index (κ3) is 5.60. The van der Waals surface area contributed by atoms with Gasteiger partial charge >= 0.3 is 0 Å². The third-order valence-electron chi connectivity index (χ3n) is 4.46. The number of rotatable bonds is 7. The second-order valence-electron chi connectivity index (χ2n) is 6.47. The number of nitrogens with zero attached hydrogens (tertiary/aromatic N) is 2. The van der Waals surface area contributed by atoms with E-state index in [-0.39, 0.29) is 5.91 Å². The Labute approximate surface area is 190 Å². The lowest BCUT2D eigenvalue weighted by atomic mass is 10.2. The molecule has 0 aliphatic carbocycles. The number of thioether (sulfide) groups is 2. The van der Waals surface area contributed by atoms with Gasteiger partial charge in [-0.05, 0) is 72.0 Å². The molecule has 0 spiro atoms. The number of amides is 1. The number of benzene rings is 2. The van der Waals surface area contributed by atoms with Crippen molar-refractivity contribution in [2.45, 2.75) is 19.8 Å². The molecule has 1 heterocycles. The number of aryl methyl sites for hydroxylation is 1. The molecule has 29 heavy (non-hydrogen) atoms. The van der Waals surface area contributed by atoms with Gasteiger partial charge in [0.2, 0.25) is 0 Å². The fourth-order valence-electron chi connectivity index (χ4n) is 2.85. The van der Waals surface area contributed by atoms with Crippen LogP contribution in [0.2, 0.25) is 10.0 Å². The van der Waals surface area contributed by atoms with Crippen molar-refractivity contribution in [1.29, 1.82) is 0 Å². The Morgan fingerprint density at radius 1 is 1.17 bits per heavy atom. The molecule has 7 heteroatoms. The van der Waals surface area contributed by atoms with Crippen molar-refractivity contribution < 1.29 is 4.79 Å². The molecular formula is C22H22Cl2N2OS2. The number of hydrogen-bond donors (Lipinski definition) is 0. The summed E-state index contributed by atoms with van der Waals surface area (Å²) in [4.78, 5) is 20.2. The fraction of sp³-hybridized carbons (Fsp3) is 0.273. The summed E-state index contributed by atoms with van der Waals surface area (Å²) >= 11 is 15.6. The molecule has 1 aliphatic rings. The lowest BCUT2D eigenvalue weighted by Gasteiger charge is -2.15. The van der Waals surface area contributed by atoms with E-state index in [1.54, 1.807) is 28.8 Å². The summed E-state index contributed by atoms with van der Waals surface area (Å²) < 4.78 is 0. The maximum absolute atomic E-state index is 13.1. The summed E-state index contributed by atoms with van der Waals surface area (Å²) in [7, 11) is 0. The van der Waals surface area contributed by atoms with Gasteiger partial charge in [0.05, 0.1) is 20.6 Å². The SMILES string of the molecule is CCc1ccc(N=C2S/C(=C\c3cccc(Cl)c3Cl)C(=O)N2CCCSC)cc1. The quantitative estimate of drug-likeness (QED) is 0.329. The largest absolute Gasteiger partial charge is 0.286 e. The maximum atomic E-state index is 13.1. The van der Waals surface area contributed by atoms with Crippen LogP contribution in [0.25, 0.3) is 6.08 Å². The van der Waals surface area contributed by atoms with E-state index < -0.39 is 0 Å². The summed E-state index contributed by atoms with van der Waals surface area (Å²) in [6.07, 6.45) is 5.76. The minimum Gasteiger partial charge on any atom is -0.286 e. The topological polar surface area (TPSA) is 32.7 Å². The molecule has 152 valence electrons. The van der Waals surface area contributed by atoms with E-state index in [9.17, 15) is 4.79 Å². The molecule has 0 unspecified atom stereocenters. The Kier molecular flexibility index (Phi) is 8.13. The van der Waals surface area contributed by atoms with E-state index in [2.05, 4.69) is 25.3 Å². The summed E-state index contributed by atoms with van der Waals surface area (Å²) in [6, 6.07) is 13.5. The minimum atomic E-state index is -0.0453. The van der Waals surface area contributed by atoms with Crippen molar-refractivity contribution >= 4 is 69.6 Å². The summed E-state index contributed by atoms with van der Waals surface area (Å²) in [5.74, 6) is 0.947. The molecule has 0 saturated carbocycles. The highest BCUT2D eigenvalue weighted by atomic mass is 35.5. The number of amidine groups is 1. The molecule has 3 rings (SSSR count). The van der Waals surface area contributed by atoms with E-state index >= 15 is 0 Å². The van der Waals surface area contributed by atoms with Crippen LogP contribution in [0.15, 0.2) is 52.4 Å². The van der Waals surface area contributed by atoms with Crippen LogP contribution >= 0.6 is 46.7 Å². The second-order valence-corrected chi connectivity index (χ2v) is 9.25. The zero-order valence-electron chi connectivity index (χ0n) is 16.3. The Bertz CT molecular complexity index is 942. The number of hydrogen-bond acceptors (Lipinski definition) is 4. The average Bonchev–Trinajstić information content (AvgIpc) is 3.01. The zero-order valence-corrected chi connectivity index (χ0v) is 19.5. The molecule has 1 saturated heterocycles. The average molecular weight is 465 g/mol. The van der Waals surface area contributed by atoms with Gasteiger partial charge in [0.1, 0.15) is 0 Å². The monoisotopic (exact) mass is 464 g/mol. The lowest BCUT2D eigenvalue weighted by molar-refractivity contribution is -0.122. The van der Waals surface area contributed by atoms with Crippen LogP contribution in [0, 0.1) is 0 Å². The van der Waals surface area contributed by atoms with E-state index in [1.165, 1.54) is 17.3 Å². The van der Waals surface area contributed by atoms with Crippen molar-refractivity contribution in [2.75, 3.05) is 18.6 Å². The maximum Gasteiger partial charge on any atom is 0.266 e. The van der Waals surface area contributed by atoms with Gasteiger partial charge in [0.25, 0.3) is 5.91 Å². The standard InChI is InChI=1S/C22H22Cl2N2OS2/c1-3-15-8-10-17(11-9-15)25-22-26(12-5-13-28-2)21(27)19(29-22)14-16-6-4-7-18(23)20(16)24/h4,6-11,14H,3,5,12-13H2,1-2H3/b19-14-,25-22?. The molecule has 0 radical (unpaired) electrons. The van der Waals surface area contributed by atoms with Crippen LogP contribution < -0.4 is 0 Å².